The van der Waals surface area contributed by atoms with Crippen molar-refractivity contribution in [3.63, 3.8) is 0 Å². The second kappa shape index (κ2) is 4.09. The van der Waals surface area contributed by atoms with E-state index in [0.717, 1.165) is 17.3 Å². The zero-order chi connectivity index (χ0) is 10.7. The number of para-hydroxylation sites is 1. The highest BCUT2D eigenvalue weighted by atomic mass is 16.5. The number of nitrogens with zero attached hydrogens (tertiary/aromatic N) is 2. The van der Waals surface area contributed by atoms with Crippen LogP contribution in [0.2, 0.25) is 0 Å². The maximum atomic E-state index is 5.59. The van der Waals surface area contributed by atoms with Gasteiger partial charge < -0.3 is 4.74 Å². The third kappa shape index (κ3) is 2.53. The molecule has 0 amide bonds. The SMILES string of the molecule is Cc1cc(Oc2ccccc2)nc(C)n1. The van der Waals surface area contributed by atoms with Crippen LogP contribution >= 0.6 is 0 Å². The summed E-state index contributed by atoms with van der Waals surface area (Å²) in [5.41, 5.74) is 0.911. The number of rotatable bonds is 2. The summed E-state index contributed by atoms with van der Waals surface area (Å²) in [6, 6.07) is 11.4. The zero-order valence-corrected chi connectivity index (χ0v) is 8.77. The molecule has 0 atom stereocenters. The molecule has 2 aromatic rings. The van der Waals surface area contributed by atoms with Crippen molar-refractivity contribution in [2.75, 3.05) is 0 Å². The smallest absolute Gasteiger partial charge is 0.222 e. The second-order valence-corrected chi connectivity index (χ2v) is 3.31. The third-order valence-electron chi connectivity index (χ3n) is 1.91. The summed E-state index contributed by atoms with van der Waals surface area (Å²) >= 11 is 0. The topological polar surface area (TPSA) is 35.0 Å². The minimum absolute atomic E-state index is 0.589. The lowest BCUT2D eigenvalue weighted by atomic mass is 10.3. The molecule has 0 unspecified atom stereocenters. The van der Waals surface area contributed by atoms with Gasteiger partial charge in [0.1, 0.15) is 11.6 Å². The largest absolute Gasteiger partial charge is 0.439 e. The first-order valence-electron chi connectivity index (χ1n) is 4.79. The lowest BCUT2D eigenvalue weighted by Crippen LogP contribution is -1.94. The van der Waals surface area contributed by atoms with Crippen molar-refractivity contribution in [2.24, 2.45) is 0 Å². The molecule has 0 radical (unpaired) electrons. The zero-order valence-electron chi connectivity index (χ0n) is 8.77. The lowest BCUT2D eigenvalue weighted by Gasteiger charge is -2.05. The summed E-state index contributed by atoms with van der Waals surface area (Å²) in [5, 5.41) is 0. The minimum Gasteiger partial charge on any atom is -0.439 e. The lowest BCUT2D eigenvalue weighted by molar-refractivity contribution is 0.459. The number of aromatic nitrogens is 2. The van der Waals surface area contributed by atoms with Crippen molar-refractivity contribution < 1.29 is 4.74 Å². The van der Waals surface area contributed by atoms with Crippen LogP contribution in [0.15, 0.2) is 36.4 Å². The normalized spacial score (nSPS) is 10.0. The maximum absolute atomic E-state index is 5.59. The van der Waals surface area contributed by atoms with E-state index >= 15 is 0 Å². The van der Waals surface area contributed by atoms with E-state index in [1.807, 2.05) is 50.2 Å². The van der Waals surface area contributed by atoms with E-state index in [2.05, 4.69) is 9.97 Å². The Morgan fingerprint density at radius 2 is 1.73 bits per heavy atom. The van der Waals surface area contributed by atoms with E-state index in [9.17, 15) is 0 Å². The van der Waals surface area contributed by atoms with Crippen molar-refractivity contribution in [2.45, 2.75) is 13.8 Å². The van der Waals surface area contributed by atoms with Crippen LogP contribution in [-0.4, -0.2) is 9.97 Å². The van der Waals surface area contributed by atoms with Crippen LogP contribution in [-0.2, 0) is 0 Å². The molecule has 1 heterocycles. The number of ether oxygens (including phenoxy) is 1. The monoisotopic (exact) mass is 200 g/mol. The van der Waals surface area contributed by atoms with E-state index < -0.39 is 0 Å². The summed E-state index contributed by atoms with van der Waals surface area (Å²) < 4.78 is 5.59. The molecule has 0 saturated carbocycles. The Hall–Kier alpha value is -1.90. The highest BCUT2D eigenvalue weighted by Crippen LogP contribution is 2.18. The van der Waals surface area contributed by atoms with Crippen molar-refractivity contribution in [3.8, 4) is 11.6 Å². The molecule has 0 bridgehead atoms. The molecule has 1 aromatic carbocycles. The fraction of sp³-hybridized carbons (Fsp3) is 0.167. The number of benzene rings is 1. The van der Waals surface area contributed by atoms with Gasteiger partial charge in [0.05, 0.1) is 0 Å². The van der Waals surface area contributed by atoms with E-state index in [1.54, 1.807) is 0 Å². The van der Waals surface area contributed by atoms with Gasteiger partial charge in [-0.3, -0.25) is 0 Å². The fourth-order valence-corrected chi connectivity index (χ4v) is 1.34. The second-order valence-electron chi connectivity index (χ2n) is 3.31. The highest BCUT2D eigenvalue weighted by Gasteiger charge is 2.00. The van der Waals surface area contributed by atoms with Crippen LogP contribution < -0.4 is 4.74 Å². The van der Waals surface area contributed by atoms with Gasteiger partial charge >= 0.3 is 0 Å². The molecule has 0 spiro atoms. The van der Waals surface area contributed by atoms with E-state index in [-0.39, 0.29) is 0 Å². The predicted octanol–water partition coefficient (Wildman–Crippen LogP) is 2.89. The molecule has 0 aliphatic carbocycles. The first-order chi connectivity index (χ1) is 7.24. The van der Waals surface area contributed by atoms with Crippen molar-refractivity contribution in [1.29, 1.82) is 0 Å². The minimum atomic E-state index is 0.589. The number of aryl methyl sites for hydroxylation is 2. The van der Waals surface area contributed by atoms with Crippen LogP contribution in [0.5, 0.6) is 11.6 Å². The Morgan fingerprint density at radius 3 is 2.40 bits per heavy atom. The van der Waals surface area contributed by atoms with Crippen LogP contribution in [0.1, 0.15) is 11.5 Å². The summed E-state index contributed by atoms with van der Waals surface area (Å²) in [4.78, 5) is 8.38. The van der Waals surface area contributed by atoms with Gasteiger partial charge in [-0.05, 0) is 26.0 Å². The first-order valence-corrected chi connectivity index (χ1v) is 4.79. The van der Waals surface area contributed by atoms with E-state index in [0.29, 0.717) is 5.88 Å². The van der Waals surface area contributed by atoms with Crippen LogP contribution in [0, 0.1) is 13.8 Å². The van der Waals surface area contributed by atoms with Gasteiger partial charge in [0, 0.05) is 11.8 Å². The highest BCUT2D eigenvalue weighted by molar-refractivity contribution is 5.27. The summed E-state index contributed by atoms with van der Waals surface area (Å²) in [6.45, 7) is 3.78. The average Bonchev–Trinajstić information content (AvgIpc) is 2.17. The van der Waals surface area contributed by atoms with Gasteiger partial charge in [0.15, 0.2) is 0 Å². The molecule has 0 saturated heterocycles. The van der Waals surface area contributed by atoms with Crippen LogP contribution in [0.3, 0.4) is 0 Å². The van der Waals surface area contributed by atoms with E-state index in [1.165, 1.54) is 0 Å². The maximum Gasteiger partial charge on any atom is 0.222 e. The molecule has 76 valence electrons. The predicted molar refractivity (Wildman–Crippen MR) is 58.0 cm³/mol. The number of hydrogen-bond donors (Lipinski definition) is 0. The summed E-state index contributed by atoms with van der Waals surface area (Å²) in [6.07, 6.45) is 0. The molecule has 0 aliphatic rings. The Bertz CT molecular complexity index is 434. The Morgan fingerprint density at radius 1 is 1.00 bits per heavy atom. The van der Waals surface area contributed by atoms with E-state index in [4.69, 9.17) is 4.74 Å². The fourth-order valence-electron chi connectivity index (χ4n) is 1.34. The average molecular weight is 200 g/mol. The Kier molecular flexibility index (Phi) is 2.63. The third-order valence-corrected chi connectivity index (χ3v) is 1.91. The van der Waals surface area contributed by atoms with Gasteiger partial charge in [0.25, 0.3) is 0 Å². The van der Waals surface area contributed by atoms with Gasteiger partial charge in [-0.2, -0.15) is 4.98 Å². The molecular formula is C12H12N2O. The molecule has 0 fully saturated rings. The molecule has 15 heavy (non-hydrogen) atoms. The Labute approximate surface area is 88.8 Å². The molecule has 2 rings (SSSR count). The van der Waals surface area contributed by atoms with Gasteiger partial charge in [-0.1, -0.05) is 18.2 Å². The summed E-state index contributed by atoms with van der Waals surface area (Å²) in [5.74, 6) is 2.10. The van der Waals surface area contributed by atoms with Crippen molar-refractivity contribution in [3.05, 3.63) is 47.9 Å². The van der Waals surface area contributed by atoms with Crippen LogP contribution in [0.4, 0.5) is 0 Å². The molecule has 3 heteroatoms. The molecule has 0 aliphatic heterocycles. The van der Waals surface area contributed by atoms with Crippen molar-refractivity contribution >= 4 is 0 Å². The quantitative estimate of drug-likeness (QED) is 0.747. The number of hydrogen-bond acceptors (Lipinski definition) is 3. The van der Waals surface area contributed by atoms with Crippen LogP contribution in [0.25, 0.3) is 0 Å². The summed E-state index contributed by atoms with van der Waals surface area (Å²) in [7, 11) is 0. The Balaban J connectivity index is 2.25. The first kappa shape index (κ1) is 9.65. The molecule has 3 nitrogen and oxygen atoms in total. The molecule has 1 aromatic heterocycles. The molecule has 0 N–H and O–H groups in total. The van der Waals surface area contributed by atoms with Gasteiger partial charge in [-0.15, -0.1) is 0 Å². The van der Waals surface area contributed by atoms with Gasteiger partial charge in [-0.25, -0.2) is 4.98 Å². The standard InChI is InChI=1S/C12H12N2O/c1-9-8-12(14-10(2)13-9)15-11-6-4-3-5-7-11/h3-8H,1-2H3. The van der Waals surface area contributed by atoms with Crippen molar-refractivity contribution in [1.82, 2.24) is 9.97 Å². The van der Waals surface area contributed by atoms with Gasteiger partial charge in [0.2, 0.25) is 5.88 Å². The molecular weight excluding hydrogens is 188 g/mol.